The Morgan fingerprint density at radius 3 is 2.75 bits per heavy atom. The van der Waals surface area contributed by atoms with Crippen LogP contribution in [0.5, 0.6) is 0 Å². The molecule has 4 nitrogen and oxygen atoms in total. The molecule has 2 saturated heterocycles. The van der Waals surface area contributed by atoms with Gasteiger partial charge in [0, 0.05) is 42.9 Å². The number of aryl methyl sites for hydroxylation is 1. The van der Waals surface area contributed by atoms with Crippen LogP contribution in [0.4, 0.5) is 8.78 Å². The number of hydrogen-bond donors (Lipinski definition) is 0. The molecule has 0 unspecified atom stereocenters. The van der Waals surface area contributed by atoms with Crippen molar-refractivity contribution in [1.82, 2.24) is 14.8 Å². The third kappa shape index (κ3) is 3.78. The van der Waals surface area contributed by atoms with Crippen LogP contribution >= 0.6 is 0 Å². The van der Waals surface area contributed by atoms with Crippen LogP contribution in [0.15, 0.2) is 36.4 Å². The highest BCUT2D eigenvalue weighted by atomic mass is 19.2. The molecule has 2 aliphatic heterocycles. The van der Waals surface area contributed by atoms with Crippen molar-refractivity contribution < 1.29 is 13.6 Å². The summed E-state index contributed by atoms with van der Waals surface area (Å²) >= 11 is 0. The van der Waals surface area contributed by atoms with Gasteiger partial charge in [0.1, 0.15) is 5.69 Å². The molecule has 1 spiro atoms. The lowest BCUT2D eigenvalue weighted by molar-refractivity contribution is 0.0668. The Labute approximate surface area is 164 Å². The number of carbonyl (C=O) groups is 1. The van der Waals surface area contributed by atoms with Gasteiger partial charge in [0.05, 0.1) is 0 Å². The molecule has 28 heavy (non-hydrogen) atoms. The first-order valence-electron chi connectivity index (χ1n) is 9.84. The summed E-state index contributed by atoms with van der Waals surface area (Å²) in [6.07, 6.45) is 2.99. The summed E-state index contributed by atoms with van der Waals surface area (Å²) in [5.74, 6) is -1.57. The molecule has 0 aliphatic carbocycles. The lowest BCUT2D eigenvalue weighted by atomic mass is 9.79. The van der Waals surface area contributed by atoms with Gasteiger partial charge in [-0.25, -0.2) is 13.8 Å². The maximum absolute atomic E-state index is 14.1. The summed E-state index contributed by atoms with van der Waals surface area (Å²) in [4.78, 5) is 21.3. The smallest absolute Gasteiger partial charge is 0.272 e. The van der Waals surface area contributed by atoms with E-state index in [0.29, 0.717) is 24.3 Å². The van der Waals surface area contributed by atoms with Crippen LogP contribution in [-0.4, -0.2) is 46.9 Å². The topological polar surface area (TPSA) is 36.4 Å². The van der Waals surface area contributed by atoms with Crippen LogP contribution in [0.1, 0.15) is 41.0 Å². The minimum absolute atomic E-state index is 0.0196. The number of pyridine rings is 1. The lowest BCUT2D eigenvalue weighted by Gasteiger charge is -2.40. The van der Waals surface area contributed by atoms with Gasteiger partial charge in [-0.1, -0.05) is 18.2 Å². The van der Waals surface area contributed by atoms with Gasteiger partial charge in [-0.3, -0.25) is 9.69 Å². The Kier molecular flexibility index (Phi) is 5.15. The van der Waals surface area contributed by atoms with E-state index < -0.39 is 11.6 Å². The van der Waals surface area contributed by atoms with Crippen molar-refractivity contribution in [3.8, 4) is 0 Å². The molecule has 0 saturated carbocycles. The Bertz CT molecular complexity index is 888. The largest absolute Gasteiger partial charge is 0.337 e. The van der Waals surface area contributed by atoms with Crippen LogP contribution < -0.4 is 0 Å². The number of amides is 1. The molecule has 0 bridgehead atoms. The molecular weight excluding hydrogens is 360 g/mol. The van der Waals surface area contributed by atoms with Gasteiger partial charge in [0.15, 0.2) is 11.6 Å². The average molecular weight is 385 g/mol. The fourth-order valence-corrected chi connectivity index (χ4v) is 4.62. The molecule has 2 aromatic rings. The van der Waals surface area contributed by atoms with E-state index in [2.05, 4.69) is 9.88 Å². The van der Waals surface area contributed by atoms with Crippen molar-refractivity contribution in [2.75, 3.05) is 26.2 Å². The molecule has 6 heteroatoms. The Hall–Kier alpha value is -2.34. The van der Waals surface area contributed by atoms with Gasteiger partial charge in [0.25, 0.3) is 5.91 Å². The lowest BCUT2D eigenvalue weighted by Crippen LogP contribution is -2.45. The number of nitrogens with zero attached hydrogens (tertiary/aromatic N) is 3. The summed E-state index contributed by atoms with van der Waals surface area (Å²) in [5, 5.41) is 0. The molecule has 148 valence electrons. The third-order valence-electron chi connectivity index (χ3n) is 6.00. The summed E-state index contributed by atoms with van der Waals surface area (Å²) in [7, 11) is 0. The van der Waals surface area contributed by atoms with Crippen LogP contribution in [0.2, 0.25) is 0 Å². The molecule has 2 aliphatic rings. The molecule has 4 rings (SSSR count). The molecular formula is C22H25F2N3O. The molecule has 2 fully saturated rings. The second-order valence-corrected chi connectivity index (χ2v) is 8.17. The van der Waals surface area contributed by atoms with Crippen LogP contribution in [0.25, 0.3) is 0 Å². The van der Waals surface area contributed by atoms with E-state index in [9.17, 15) is 13.6 Å². The minimum atomic E-state index is -0.799. The number of aromatic nitrogens is 1. The first-order chi connectivity index (χ1) is 13.5. The standard InChI is InChI=1S/C22H25F2N3O/c1-16-5-2-8-19(25-16)21(28)27-12-10-22(15-27)9-4-11-26(14-22)13-17-6-3-7-18(23)20(17)24/h2-3,5-8H,4,9-15H2,1H3/t22-/m0/s1. The third-order valence-corrected chi connectivity index (χ3v) is 6.00. The van der Waals surface area contributed by atoms with Gasteiger partial charge in [0.2, 0.25) is 0 Å². The van der Waals surface area contributed by atoms with Crippen LogP contribution in [0, 0.1) is 24.0 Å². The molecule has 1 atom stereocenters. The van der Waals surface area contributed by atoms with Crippen molar-refractivity contribution in [1.29, 1.82) is 0 Å². The van der Waals surface area contributed by atoms with Gasteiger partial charge in [-0.05, 0) is 50.9 Å². The number of rotatable bonds is 3. The van der Waals surface area contributed by atoms with Crippen LogP contribution in [-0.2, 0) is 6.54 Å². The highest BCUT2D eigenvalue weighted by molar-refractivity contribution is 5.92. The molecule has 3 heterocycles. The second kappa shape index (κ2) is 7.59. The monoisotopic (exact) mass is 385 g/mol. The number of halogens is 2. The van der Waals surface area contributed by atoms with Crippen molar-refractivity contribution >= 4 is 5.91 Å². The van der Waals surface area contributed by atoms with E-state index in [-0.39, 0.29) is 11.3 Å². The molecule has 1 aromatic heterocycles. The molecule has 0 N–H and O–H groups in total. The maximum Gasteiger partial charge on any atom is 0.272 e. The zero-order chi connectivity index (χ0) is 19.7. The SMILES string of the molecule is Cc1cccc(C(=O)N2CC[C@]3(CCCN(Cc4cccc(F)c4F)C3)C2)n1. The number of hydrogen-bond acceptors (Lipinski definition) is 3. The normalized spacial score (nSPS) is 22.8. The molecule has 1 aromatic carbocycles. The van der Waals surface area contributed by atoms with Crippen molar-refractivity contribution in [2.24, 2.45) is 5.41 Å². The summed E-state index contributed by atoms with van der Waals surface area (Å²) in [5.41, 5.74) is 1.75. The Morgan fingerprint density at radius 2 is 1.93 bits per heavy atom. The highest BCUT2D eigenvalue weighted by Gasteiger charge is 2.43. The minimum Gasteiger partial charge on any atom is -0.337 e. The zero-order valence-corrected chi connectivity index (χ0v) is 16.1. The first kappa shape index (κ1) is 19.0. The van der Waals surface area contributed by atoms with Gasteiger partial charge in [-0.2, -0.15) is 0 Å². The van der Waals surface area contributed by atoms with E-state index in [1.165, 1.54) is 0 Å². The van der Waals surface area contributed by atoms with E-state index in [1.807, 2.05) is 24.0 Å². The van der Waals surface area contributed by atoms with E-state index in [4.69, 9.17) is 0 Å². The zero-order valence-electron chi connectivity index (χ0n) is 16.1. The Morgan fingerprint density at radius 1 is 1.11 bits per heavy atom. The predicted molar refractivity (Wildman–Crippen MR) is 103 cm³/mol. The second-order valence-electron chi connectivity index (χ2n) is 8.17. The van der Waals surface area contributed by atoms with Crippen molar-refractivity contribution in [3.05, 3.63) is 65.0 Å². The quantitative estimate of drug-likeness (QED) is 0.807. The van der Waals surface area contributed by atoms with E-state index in [0.717, 1.165) is 50.7 Å². The van der Waals surface area contributed by atoms with Gasteiger partial charge < -0.3 is 4.90 Å². The first-order valence-corrected chi connectivity index (χ1v) is 9.84. The van der Waals surface area contributed by atoms with Gasteiger partial charge >= 0.3 is 0 Å². The fourth-order valence-electron chi connectivity index (χ4n) is 4.62. The molecule has 0 radical (unpaired) electrons. The average Bonchev–Trinajstić information content (AvgIpc) is 3.08. The number of carbonyl (C=O) groups excluding carboxylic acids is 1. The summed E-state index contributed by atoms with van der Waals surface area (Å²) < 4.78 is 27.6. The van der Waals surface area contributed by atoms with E-state index >= 15 is 0 Å². The summed E-state index contributed by atoms with van der Waals surface area (Å²) in [6.45, 7) is 5.37. The number of likely N-dealkylation sites (tertiary alicyclic amines) is 2. The Balaban J connectivity index is 1.44. The van der Waals surface area contributed by atoms with Gasteiger partial charge in [-0.15, -0.1) is 0 Å². The number of benzene rings is 1. The van der Waals surface area contributed by atoms with E-state index in [1.54, 1.807) is 18.2 Å². The number of piperidine rings is 1. The van der Waals surface area contributed by atoms with Crippen LogP contribution in [0.3, 0.4) is 0 Å². The highest BCUT2D eigenvalue weighted by Crippen LogP contribution is 2.39. The summed E-state index contributed by atoms with van der Waals surface area (Å²) in [6, 6.07) is 9.85. The fraction of sp³-hybridized carbons (Fsp3) is 0.455. The maximum atomic E-state index is 14.1. The van der Waals surface area contributed by atoms with Crippen molar-refractivity contribution in [2.45, 2.75) is 32.7 Å². The predicted octanol–water partition coefficient (Wildman–Crippen LogP) is 3.80. The molecule has 1 amide bonds. The van der Waals surface area contributed by atoms with Crippen molar-refractivity contribution in [3.63, 3.8) is 0 Å².